The van der Waals surface area contributed by atoms with E-state index in [-0.39, 0.29) is 12.5 Å². The van der Waals surface area contributed by atoms with Crippen LogP contribution in [0.1, 0.15) is 41.1 Å². The molecule has 2 atom stereocenters. The van der Waals surface area contributed by atoms with Crippen molar-refractivity contribution >= 4 is 17.6 Å². The van der Waals surface area contributed by atoms with E-state index < -0.39 is 6.03 Å². The van der Waals surface area contributed by atoms with E-state index >= 15 is 0 Å². The van der Waals surface area contributed by atoms with Crippen LogP contribution in [0.15, 0.2) is 42.5 Å². The van der Waals surface area contributed by atoms with Gasteiger partial charge in [-0.15, -0.1) is 0 Å². The Hall–Kier alpha value is -2.66. The van der Waals surface area contributed by atoms with Crippen LogP contribution in [0.4, 0.5) is 10.5 Å². The highest BCUT2D eigenvalue weighted by Crippen LogP contribution is 2.27. The molecule has 0 saturated heterocycles. The van der Waals surface area contributed by atoms with Gasteiger partial charge in [-0.1, -0.05) is 36.4 Å². The second-order valence-electron chi connectivity index (χ2n) is 7.42. The number of hydrogen-bond donors (Lipinski definition) is 3. The fraction of sp³-hybridized carbons (Fsp3) is 0.364. The number of benzene rings is 2. The van der Waals surface area contributed by atoms with Crippen LogP contribution < -0.4 is 15.5 Å². The van der Waals surface area contributed by atoms with Crippen LogP contribution in [0.3, 0.4) is 0 Å². The molecule has 3 amide bonds. The largest absolute Gasteiger partial charge is 0.326 e. The average Bonchev–Trinajstić information content (AvgIpc) is 2.64. The Balaban J connectivity index is 1.58. The molecular weight excluding hydrogens is 338 g/mol. The molecule has 3 rings (SSSR count). The number of carbonyl (C=O) groups excluding carboxylic acids is 2. The molecule has 5 nitrogen and oxygen atoms in total. The van der Waals surface area contributed by atoms with Crippen LogP contribution in [0.2, 0.25) is 0 Å². The molecule has 0 bridgehead atoms. The molecule has 0 heterocycles. The van der Waals surface area contributed by atoms with Gasteiger partial charge in [0, 0.05) is 17.7 Å². The summed E-state index contributed by atoms with van der Waals surface area (Å²) < 4.78 is 0. The van der Waals surface area contributed by atoms with Gasteiger partial charge in [-0.25, -0.2) is 4.79 Å². The van der Waals surface area contributed by atoms with Crippen LogP contribution in [0.25, 0.3) is 0 Å². The van der Waals surface area contributed by atoms with Crippen LogP contribution in [0, 0.1) is 13.8 Å². The zero-order valence-electron chi connectivity index (χ0n) is 16.3. The summed E-state index contributed by atoms with van der Waals surface area (Å²) in [4.78, 5) is 25.7. The summed E-state index contributed by atoms with van der Waals surface area (Å²) in [5.74, 6) is -0.265. The predicted molar refractivity (Wildman–Crippen MR) is 107 cm³/mol. The van der Waals surface area contributed by atoms with Crippen LogP contribution >= 0.6 is 0 Å². The highest BCUT2D eigenvalue weighted by Gasteiger charge is 2.28. The third-order valence-corrected chi connectivity index (χ3v) is 5.51. The number of fused-ring (bicyclic) bond motifs is 1. The summed E-state index contributed by atoms with van der Waals surface area (Å²) in [6, 6.07) is 14.0. The molecule has 0 aliphatic heterocycles. The summed E-state index contributed by atoms with van der Waals surface area (Å²) in [6.45, 7) is 4.20. The second kappa shape index (κ2) is 8.35. The highest BCUT2D eigenvalue weighted by molar-refractivity contribution is 6.01. The van der Waals surface area contributed by atoms with Crippen LogP contribution in [0.5, 0.6) is 0 Å². The third-order valence-electron chi connectivity index (χ3n) is 5.51. The topological polar surface area (TPSA) is 62.6 Å². The lowest BCUT2D eigenvalue weighted by molar-refractivity contribution is -0.905. The van der Waals surface area contributed by atoms with Gasteiger partial charge in [0.1, 0.15) is 6.04 Å². The number of aryl methyl sites for hydroxylation is 2. The summed E-state index contributed by atoms with van der Waals surface area (Å²) >= 11 is 0. The van der Waals surface area contributed by atoms with E-state index in [2.05, 4.69) is 34.9 Å². The monoisotopic (exact) mass is 366 g/mol. The van der Waals surface area contributed by atoms with Crippen LogP contribution in [-0.2, 0) is 11.2 Å². The summed E-state index contributed by atoms with van der Waals surface area (Å²) in [7, 11) is 2.02. The van der Waals surface area contributed by atoms with Crippen molar-refractivity contribution in [1.82, 2.24) is 5.32 Å². The molecule has 142 valence electrons. The Morgan fingerprint density at radius 3 is 2.70 bits per heavy atom. The van der Waals surface area contributed by atoms with Crippen molar-refractivity contribution in [2.24, 2.45) is 0 Å². The summed E-state index contributed by atoms with van der Waals surface area (Å²) in [5.41, 5.74) is 5.53. The van der Waals surface area contributed by atoms with Gasteiger partial charge in [-0.2, -0.15) is 0 Å². The second-order valence-corrected chi connectivity index (χ2v) is 7.42. The molecule has 2 aromatic carbocycles. The Labute approximate surface area is 160 Å². The van der Waals surface area contributed by atoms with E-state index in [1.807, 2.05) is 39.1 Å². The maximum atomic E-state index is 12.4. The first kappa shape index (κ1) is 19.1. The zero-order valence-corrected chi connectivity index (χ0v) is 16.3. The first-order valence-electron chi connectivity index (χ1n) is 9.53. The molecule has 2 aromatic rings. The van der Waals surface area contributed by atoms with Crippen LogP contribution in [-0.4, -0.2) is 25.5 Å². The number of carbonyl (C=O) groups is 2. The van der Waals surface area contributed by atoms with Crippen molar-refractivity contribution in [2.45, 2.75) is 39.2 Å². The van der Waals surface area contributed by atoms with Gasteiger partial charge in [-0.3, -0.25) is 10.1 Å². The van der Waals surface area contributed by atoms with E-state index in [1.54, 1.807) is 0 Å². The van der Waals surface area contributed by atoms with E-state index in [1.165, 1.54) is 11.1 Å². The molecule has 0 aromatic heterocycles. The van der Waals surface area contributed by atoms with E-state index in [0.717, 1.165) is 41.0 Å². The van der Waals surface area contributed by atoms with E-state index in [9.17, 15) is 9.59 Å². The first-order valence-corrected chi connectivity index (χ1v) is 9.53. The van der Waals surface area contributed by atoms with Crippen molar-refractivity contribution in [3.63, 3.8) is 0 Å². The molecule has 1 unspecified atom stereocenters. The minimum absolute atomic E-state index is 0.263. The van der Waals surface area contributed by atoms with Gasteiger partial charge in [0.05, 0.1) is 7.05 Å². The number of nitrogens with one attached hydrogen (secondary N) is 3. The van der Waals surface area contributed by atoms with Gasteiger partial charge >= 0.3 is 6.03 Å². The Kier molecular flexibility index (Phi) is 5.91. The van der Waals surface area contributed by atoms with Gasteiger partial charge in [0.15, 0.2) is 6.54 Å². The van der Waals surface area contributed by atoms with E-state index in [4.69, 9.17) is 0 Å². The van der Waals surface area contributed by atoms with Gasteiger partial charge in [0.2, 0.25) is 0 Å². The number of imide groups is 1. The summed E-state index contributed by atoms with van der Waals surface area (Å²) in [6.07, 6.45) is 3.29. The maximum Gasteiger partial charge on any atom is 0.326 e. The maximum absolute atomic E-state index is 12.4. The number of amides is 3. The number of rotatable bonds is 4. The lowest BCUT2D eigenvalue weighted by Gasteiger charge is -2.30. The van der Waals surface area contributed by atoms with E-state index in [0.29, 0.717) is 6.04 Å². The molecule has 5 heteroatoms. The van der Waals surface area contributed by atoms with Gasteiger partial charge in [-0.05, 0) is 49.4 Å². The predicted octanol–water partition coefficient (Wildman–Crippen LogP) is 2.54. The third kappa shape index (κ3) is 4.55. The van der Waals surface area contributed by atoms with Crippen molar-refractivity contribution in [3.8, 4) is 0 Å². The zero-order chi connectivity index (χ0) is 19.4. The lowest BCUT2D eigenvalue weighted by Crippen LogP contribution is -3.10. The molecule has 27 heavy (non-hydrogen) atoms. The summed E-state index contributed by atoms with van der Waals surface area (Å²) in [5, 5.41) is 5.23. The molecule has 0 fully saturated rings. The normalized spacial score (nSPS) is 16.9. The average molecular weight is 366 g/mol. The molecule has 0 spiro atoms. The van der Waals surface area contributed by atoms with Crippen molar-refractivity contribution < 1.29 is 14.5 Å². The number of quaternary nitrogens is 1. The molecular formula is C22H28N3O2+. The smallest absolute Gasteiger partial charge is 0.323 e. The quantitative estimate of drug-likeness (QED) is 0.779. The Morgan fingerprint density at radius 1 is 1.11 bits per heavy atom. The standard InChI is InChI=1S/C22H27N3O2/c1-15-8-6-12-19(16(15)2)23-22(27)24-21(26)14-25(3)20-13-7-10-17-9-4-5-11-18(17)20/h4-6,8-9,11-12,20H,7,10,13-14H2,1-3H3,(H2,23,24,26,27)/p+1/t20-/m0/s1. The molecule has 1 aliphatic rings. The number of likely N-dealkylation sites (N-methyl/N-ethyl adjacent to an activating group) is 1. The number of urea groups is 1. The first-order chi connectivity index (χ1) is 13.0. The number of anilines is 1. The minimum atomic E-state index is -0.481. The SMILES string of the molecule is Cc1cccc(NC(=O)NC(=O)C[NH+](C)[C@H]2CCCc3ccccc32)c1C. The highest BCUT2D eigenvalue weighted by atomic mass is 16.2. The number of hydrogen-bond acceptors (Lipinski definition) is 2. The molecule has 0 radical (unpaired) electrons. The van der Waals surface area contributed by atoms with Crippen molar-refractivity contribution in [2.75, 3.05) is 18.9 Å². The molecule has 3 N–H and O–H groups in total. The lowest BCUT2D eigenvalue weighted by atomic mass is 9.87. The Bertz CT molecular complexity index is 847. The minimum Gasteiger partial charge on any atom is -0.323 e. The van der Waals surface area contributed by atoms with Crippen molar-refractivity contribution in [3.05, 3.63) is 64.7 Å². The molecule has 0 saturated carbocycles. The van der Waals surface area contributed by atoms with Gasteiger partial charge < -0.3 is 10.2 Å². The molecule has 1 aliphatic carbocycles. The van der Waals surface area contributed by atoms with Crippen molar-refractivity contribution in [1.29, 1.82) is 0 Å². The Morgan fingerprint density at radius 2 is 1.89 bits per heavy atom. The van der Waals surface area contributed by atoms with Gasteiger partial charge in [0.25, 0.3) is 5.91 Å². The fourth-order valence-corrected chi connectivity index (χ4v) is 3.85. The fourth-order valence-electron chi connectivity index (χ4n) is 3.85.